The van der Waals surface area contributed by atoms with Gasteiger partial charge in [0.15, 0.2) is 0 Å². The second-order valence-electron chi connectivity index (χ2n) is 5.35. The molecule has 2 unspecified atom stereocenters. The third-order valence-electron chi connectivity index (χ3n) is 3.13. The Hall–Kier alpha value is -0.800. The lowest BCUT2D eigenvalue weighted by molar-refractivity contribution is 0.0157. The van der Waals surface area contributed by atoms with Crippen molar-refractivity contribution in [3.8, 4) is 0 Å². The SMILES string of the molecule is CCC(N)C(OCCCC(C)C)c1ccc(C)o1. The van der Waals surface area contributed by atoms with Gasteiger partial charge in [0.05, 0.1) is 0 Å². The van der Waals surface area contributed by atoms with Gasteiger partial charge < -0.3 is 14.9 Å². The Balaban J connectivity index is 2.51. The molecule has 2 N–H and O–H groups in total. The molecular weight excluding hydrogens is 226 g/mol. The Labute approximate surface area is 111 Å². The number of rotatable bonds is 8. The fraction of sp³-hybridized carbons (Fsp3) is 0.733. The second kappa shape index (κ2) is 7.59. The molecule has 0 aliphatic carbocycles. The molecule has 1 rings (SSSR count). The van der Waals surface area contributed by atoms with Crippen molar-refractivity contribution < 1.29 is 9.15 Å². The minimum absolute atomic E-state index is 0.00500. The monoisotopic (exact) mass is 253 g/mol. The summed E-state index contributed by atoms with van der Waals surface area (Å²) < 4.78 is 11.6. The van der Waals surface area contributed by atoms with Gasteiger partial charge in [0.25, 0.3) is 0 Å². The first-order valence-corrected chi connectivity index (χ1v) is 6.98. The van der Waals surface area contributed by atoms with Crippen molar-refractivity contribution in [2.75, 3.05) is 6.61 Å². The highest BCUT2D eigenvalue weighted by Gasteiger charge is 2.22. The van der Waals surface area contributed by atoms with E-state index in [1.54, 1.807) is 0 Å². The standard InChI is InChI=1S/C15H27NO2/c1-5-13(16)15(14-9-8-12(4)18-14)17-10-6-7-11(2)3/h8-9,11,13,15H,5-7,10,16H2,1-4H3. The van der Waals surface area contributed by atoms with Crippen LogP contribution >= 0.6 is 0 Å². The summed E-state index contributed by atoms with van der Waals surface area (Å²) in [7, 11) is 0. The molecule has 0 aliphatic heterocycles. The Morgan fingerprint density at radius 2 is 2.06 bits per heavy atom. The van der Waals surface area contributed by atoms with Crippen LogP contribution in [0.3, 0.4) is 0 Å². The molecule has 0 saturated heterocycles. The molecule has 0 bridgehead atoms. The van der Waals surface area contributed by atoms with Crippen LogP contribution in [0, 0.1) is 12.8 Å². The summed E-state index contributed by atoms with van der Waals surface area (Å²) >= 11 is 0. The Morgan fingerprint density at radius 1 is 1.33 bits per heavy atom. The van der Waals surface area contributed by atoms with Crippen LogP contribution in [0.2, 0.25) is 0 Å². The highest BCUT2D eigenvalue weighted by atomic mass is 16.5. The van der Waals surface area contributed by atoms with Crippen molar-refractivity contribution in [3.63, 3.8) is 0 Å². The van der Waals surface area contributed by atoms with Gasteiger partial charge in [-0.3, -0.25) is 0 Å². The molecule has 0 aromatic carbocycles. The van der Waals surface area contributed by atoms with Gasteiger partial charge in [-0.05, 0) is 44.2 Å². The first-order chi connectivity index (χ1) is 8.54. The van der Waals surface area contributed by atoms with Gasteiger partial charge in [-0.1, -0.05) is 20.8 Å². The molecular formula is C15H27NO2. The van der Waals surface area contributed by atoms with E-state index in [0.717, 1.165) is 36.9 Å². The van der Waals surface area contributed by atoms with E-state index in [2.05, 4.69) is 20.8 Å². The summed E-state index contributed by atoms with van der Waals surface area (Å²) in [6.07, 6.45) is 3.03. The Bertz CT molecular complexity index is 333. The van der Waals surface area contributed by atoms with Gasteiger partial charge in [0.2, 0.25) is 0 Å². The molecule has 0 radical (unpaired) electrons. The number of ether oxygens (including phenoxy) is 1. The average molecular weight is 253 g/mol. The number of furan rings is 1. The van der Waals surface area contributed by atoms with Crippen molar-refractivity contribution in [1.29, 1.82) is 0 Å². The summed E-state index contributed by atoms with van der Waals surface area (Å²) in [6.45, 7) is 9.22. The predicted molar refractivity (Wildman–Crippen MR) is 74.5 cm³/mol. The van der Waals surface area contributed by atoms with E-state index < -0.39 is 0 Å². The summed E-state index contributed by atoms with van der Waals surface area (Å²) in [5.74, 6) is 2.48. The van der Waals surface area contributed by atoms with Crippen molar-refractivity contribution in [2.24, 2.45) is 11.7 Å². The van der Waals surface area contributed by atoms with Crippen LogP contribution in [0.25, 0.3) is 0 Å². The Morgan fingerprint density at radius 3 is 2.56 bits per heavy atom. The lowest BCUT2D eigenvalue weighted by Gasteiger charge is -2.21. The van der Waals surface area contributed by atoms with E-state index in [9.17, 15) is 0 Å². The van der Waals surface area contributed by atoms with E-state index >= 15 is 0 Å². The molecule has 0 fully saturated rings. The molecule has 0 amide bonds. The van der Waals surface area contributed by atoms with Crippen LogP contribution in [0.4, 0.5) is 0 Å². The molecule has 1 aromatic rings. The molecule has 0 saturated carbocycles. The summed E-state index contributed by atoms with van der Waals surface area (Å²) in [4.78, 5) is 0. The molecule has 18 heavy (non-hydrogen) atoms. The summed E-state index contributed by atoms with van der Waals surface area (Å²) in [5, 5.41) is 0. The molecule has 1 aromatic heterocycles. The fourth-order valence-corrected chi connectivity index (χ4v) is 1.94. The molecule has 3 nitrogen and oxygen atoms in total. The van der Waals surface area contributed by atoms with Crippen LogP contribution in [-0.4, -0.2) is 12.6 Å². The highest BCUT2D eigenvalue weighted by Crippen LogP contribution is 2.24. The summed E-state index contributed by atoms with van der Waals surface area (Å²) in [6, 6.07) is 3.93. The minimum atomic E-state index is -0.115. The van der Waals surface area contributed by atoms with Crippen LogP contribution in [-0.2, 0) is 4.74 Å². The van der Waals surface area contributed by atoms with Crippen molar-refractivity contribution >= 4 is 0 Å². The van der Waals surface area contributed by atoms with E-state index in [1.807, 2.05) is 19.1 Å². The lowest BCUT2D eigenvalue weighted by atomic mass is 10.1. The predicted octanol–water partition coefficient (Wildman–Crippen LogP) is 3.82. The first kappa shape index (κ1) is 15.3. The quantitative estimate of drug-likeness (QED) is 0.716. The van der Waals surface area contributed by atoms with E-state index in [1.165, 1.54) is 6.42 Å². The normalized spacial score (nSPS) is 15.0. The lowest BCUT2D eigenvalue weighted by Crippen LogP contribution is -2.29. The zero-order chi connectivity index (χ0) is 13.5. The zero-order valence-electron chi connectivity index (χ0n) is 12.1. The van der Waals surface area contributed by atoms with Gasteiger partial charge >= 0.3 is 0 Å². The van der Waals surface area contributed by atoms with Crippen LogP contribution in [0.5, 0.6) is 0 Å². The Kier molecular flexibility index (Phi) is 6.44. The van der Waals surface area contributed by atoms with Gasteiger partial charge in [0.1, 0.15) is 17.6 Å². The van der Waals surface area contributed by atoms with E-state index in [0.29, 0.717) is 0 Å². The molecule has 0 aliphatic rings. The molecule has 0 spiro atoms. The fourth-order valence-electron chi connectivity index (χ4n) is 1.94. The van der Waals surface area contributed by atoms with Crippen molar-refractivity contribution in [3.05, 3.63) is 23.7 Å². The van der Waals surface area contributed by atoms with Gasteiger partial charge in [0, 0.05) is 12.6 Å². The molecule has 2 atom stereocenters. The minimum Gasteiger partial charge on any atom is -0.464 e. The van der Waals surface area contributed by atoms with Crippen molar-refractivity contribution in [1.82, 2.24) is 0 Å². The molecule has 3 heteroatoms. The van der Waals surface area contributed by atoms with E-state index in [4.69, 9.17) is 14.9 Å². The highest BCUT2D eigenvalue weighted by molar-refractivity contribution is 5.10. The average Bonchev–Trinajstić information content (AvgIpc) is 2.74. The van der Waals surface area contributed by atoms with Gasteiger partial charge in [-0.2, -0.15) is 0 Å². The maximum absolute atomic E-state index is 6.12. The maximum atomic E-state index is 6.12. The van der Waals surface area contributed by atoms with Gasteiger partial charge in [-0.15, -0.1) is 0 Å². The smallest absolute Gasteiger partial charge is 0.134 e. The number of aryl methyl sites for hydroxylation is 1. The van der Waals surface area contributed by atoms with Crippen LogP contribution in [0.1, 0.15) is 57.7 Å². The van der Waals surface area contributed by atoms with Crippen molar-refractivity contribution in [2.45, 2.75) is 59.1 Å². The zero-order valence-corrected chi connectivity index (χ0v) is 12.1. The van der Waals surface area contributed by atoms with Crippen LogP contribution < -0.4 is 5.73 Å². The topological polar surface area (TPSA) is 48.4 Å². The maximum Gasteiger partial charge on any atom is 0.134 e. The number of hydrogen-bond acceptors (Lipinski definition) is 3. The second-order valence-corrected chi connectivity index (χ2v) is 5.35. The van der Waals surface area contributed by atoms with Crippen LogP contribution in [0.15, 0.2) is 16.5 Å². The number of nitrogens with two attached hydrogens (primary N) is 1. The third kappa shape index (κ3) is 4.83. The molecule has 1 heterocycles. The summed E-state index contributed by atoms with van der Waals surface area (Å²) in [5.41, 5.74) is 6.12. The first-order valence-electron chi connectivity index (χ1n) is 6.98. The number of hydrogen-bond donors (Lipinski definition) is 1. The largest absolute Gasteiger partial charge is 0.464 e. The third-order valence-corrected chi connectivity index (χ3v) is 3.13. The van der Waals surface area contributed by atoms with E-state index in [-0.39, 0.29) is 12.1 Å². The molecule has 104 valence electrons. The van der Waals surface area contributed by atoms with Gasteiger partial charge in [-0.25, -0.2) is 0 Å².